The van der Waals surface area contributed by atoms with Crippen molar-refractivity contribution in [1.82, 2.24) is 10.2 Å². The van der Waals surface area contributed by atoms with E-state index in [0.29, 0.717) is 11.7 Å². The van der Waals surface area contributed by atoms with Gasteiger partial charge in [0.25, 0.3) is 0 Å². The molecule has 2 rings (SSSR count). The largest absolute Gasteiger partial charge is 0.465 e. The minimum absolute atomic E-state index is 0.0776. The van der Waals surface area contributed by atoms with Crippen molar-refractivity contribution >= 4 is 12.0 Å². The fraction of sp³-hybridized carbons (Fsp3) is 0.562. The predicted molar refractivity (Wildman–Crippen MR) is 80.2 cm³/mol. The van der Waals surface area contributed by atoms with Gasteiger partial charge in [0.2, 0.25) is 5.91 Å². The third-order valence-electron chi connectivity index (χ3n) is 3.62. The molecule has 0 aliphatic carbocycles. The van der Waals surface area contributed by atoms with Gasteiger partial charge in [-0.2, -0.15) is 0 Å². The van der Waals surface area contributed by atoms with E-state index in [-0.39, 0.29) is 5.91 Å². The Morgan fingerprint density at radius 3 is 3.15 bits per heavy atom. The van der Waals surface area contributed by atoms with Crippen molar-refractivity contribution in [3.05, 3.63) is 30.2 Å². The molecular weight excluding hydrogens is 252 g/mol. The zero-order valence-corrected chi connectivity index (χ0v) is 12.2. The number of hydrogen-bond acceptors (Lipinski definition) is 3. The van der Waals surface area contributed by atoms with Crippen LogP contribution in [0.2, 0.25) is 0 Å². The Hall–Kier alpha value is -1.55. The molecule has 0 spiro atoms. The molecule has 0 saturated carbocycles. The summed E-state index contributed by atoms with van der Waals surface area (Å²) in [6, 6.07) is 3.67. The van der Waals surface area contributed by atoms with E-state index < -0.39 is 0 Å². The van der Waals surface area contributed by atoms with Crippen LogP contribution < -0.4 is 5.32 Å². The highest BCUT2D eigenvalue weighted by Crippen LogP contribution is 2.13. The lowest BCUT2D eigenvalue weighted by Gasteiger charge is -2.29. The Labute approximate surface area is 120 Å². The fourth-order valence-corrected chi connectivity index (χ4v) is 2.60. The van der Waals surface area contributed by atoms with Gasteiger partial charge in [0, 0.05) is 19.2 Å². The molecule has 4 nitrogen and oxygen atoms in total. The normalized spacial score (nSPS) is 19.4. The van der Waals surface area contributed by atoms with Crippen LogP contribution in [0.1, 0.15) is 31.9 Å². The van der Waals surface area contributed by atoms with Crippen molar-refractivity contribution in [2.24, 2.45) is 5.92 Å². The van der Waals surface area contributed by atoms with Crippen molar-refractivity contribution < 1.29 is 9.21 Å². The molecule has 0 aromatic carbocycles. The quantitative estimate of drug-likeness (QED) is 0.812. The van der Waals surface area contributed by atoms with E-state index >= 15 is 0 Å². The molecular formula is C16H24N2O2. The van der Waals surface area contributed by atoms with E-state index in [9.17, 15) is 4.79 Å². The Kier molecular flexibility index (Phi) is 5.87. The third-order valence-corrected chi connectivity index (χ3v) is 3.62. The lowest BCUT2D eigenvalue weighted by molar-refractivity contribution is -0.126. The fourth-order valence-electron chi connectivity index (χ4n) is 2.60. The average molecular weight is 276 g/mol. The number of furan rings is 1. The zero-order chi connectivity index (χ0) is 14.2. The van der Waals surface area contributed by atoms with Crippen LogP contribution in [0.15, 0.2) is 28.9 Å². The molecule has 0 bridgehead atoms. The summed E-state index contributed by atoms with van der Waals surface area (Å²) in [6.45, 7) is 5.90. The maximum absolute atomic E-state index is 12.3. The summed E-state index contributed by atoms with van der Waals surface area (Å²) in [7, 11) is 0. The van der Waals surface area contributed by atoms with Crippen LogP contribution in [0.3, 0.4) is 0 Å². The topological polar surface area (TPSA) is 45.5 Å². The molecule has 1 N–H and O–H groups in total. The number of hydrogen-bond donors (Lipinski definition) is 1. The highest BCUT2D eigenvalue weighted by Gasteiger charge is 2.18. The van der Waals surface area contributed by atoms with Gasteiger partial charge in [-0.25, -0.2) is 0 Å². The van der Waals surface area contributed by atoms with Gasteiger partial charge < -0.3 is 14.6 Å². The smallest absolute Gasteiger partial charge is 0.246 e. The van der Waals surface area contributed by atoms with Crippen LogP contribution in [-0.4, -0.2) is 37.0 Å². The molecule has 1 fully saturated rings. The molecule has 4 heteroatoms. The van der Waals surface area contributed by atoms with E-state index in [1.165, 1.54) is 12.8 Å². The highest BCUT2D eigenvalue weighted by molar-refractivity contribution is 5.91. The molecule has 1 aliphatic rings. The standard InChI is InChI=1S/C16H24N2O2/c1-2-10-18(13-14-5-3-9-17-12-14)16(19)8-7-15-6-4-11-20-15/h4,6-8,11,14,17H,2-3,5,9-10,12-13H2,1H3/b8-7+. The summed E-state index contributed by atoms with van der Waals surface area (Å²) in [5, 5.41) is 3.40. The number of carbonyl (C=O) groups is 1. The lowest BCUT2D eigenvalue weighted by Crippen LogP contribution is -2.40. The van der Waals surface area contributed by atoms with E-state index in [1.54, 1.807) is 18.4 Å². The lowest BCUT2D eigenvalue weighted by atomic mass is 9.99. The number of piperidine rings is 1. The second-order valence-corrected chi connectivity index (χ2v) is 5.35. The van der Waals surface area contributed by atoms with Gasteiger partial charge in [-0.15, -0.1) is 0 Å². The van der Waals surface area contributed by atoms with Crippen LogP contribution in [-0.2, 0) is 4.79 Å². The molecule has 1 amide bonds. The molecule has 1 aromatic rings. The van der Waals surface area contributed by atoms with Crippen LogP contribution in [0.4, 0.5) is 0 Å². The minimum Gasteiger partial charge on any atom is -0.465 e. The molecule has 1 atom stereocenters. The van der Waals surface area contributed by atoms with Gasteiger partial charge in [-0.05, 0) is 56.5 Å². The summed E-state index contributed by atoms with van der Waals surface area (Å²) in [6.07, 6.45) is 8.38. The number of amides is 1. The van der Waals surface area contributed by atoms with Crippen molar-refractivity contribution in [3.63, 3.8) is 0 Å². The second-order valence-electron chi connectivity index (χ2n) is 5.35. The number of carbonyl (C=O) groups excluding carboxylic acids is 1. The van der Waals surface area contributed by atoms with Gasteiger partial charge in [0.1, 0.15) is 5.76 Å². The van der Waals surface area contributed by atoms with Gasteiger partial charge in [-0.1, -0.05) is 6.92 Å². The third kappa shape index (κ3) is 4.53. The number of nitrogens with zero attached hydrogens (tertiary/aromatic N) is 1. The van der Waals surface area contributed by atoms with E-state index in [4.69, 9.17) is 4.42 Å². The van der Waals surface area contributed by atoms with Crippen LogP contribution in [0, 0.1) is 5.92 Å². The van der Waals surface area contributed by atoms with Crippen LogP contribution in [0.5, 0.6) is 0 Å². The maximum Gasteiger partial charge on any atom is 0.246 e. The summed E-state index contributed by atoms with van der Waals surface area (Å²) >= 11 is 0. The predicted octanol–water partition coefficient (Wildman–Crippen LogP) is 2.53. The minimum atomic E-state index is 0.0776. The molecule has 110 valence electrons. The first-order chi connectivity index (χ1) is 9.79. The van der Waals surface area contributed by atoms with E-state index in [2.05, 4.69) is 12.2 Å². The first-order valence-electron chi connectivity index (χ1n) is 7.50. The van der Waals surface area contributed by atoms with Crippen LogP contribution in [0.25, 0.3) is 6.08 Å². The average Bonchev–Trinajstić information content (AvgIpc) is 2.99. The monoisotopic (exact) mass is 276 g/mol. The van der Waals surface area contributed by atoms with Gasteiger partial charge in [-0.3, -0.25) is 4.79 Å². The summed E-state index contributed by atoms with van der Waals surface area (Å²) in [5.41, 5.74) is 0. The molecule has 1 saturated heterocycles. The van der Waals surface area contributed by atoms with E-state index in [0.717, 1.165) is 32.6 Å². The van der Waals surface area contributed by atoms with E-state index in [1.807, 2.05) is 17.0 Å². The molecule has 1 aromatic heterocycles. The van der Waals surface area contributed by atoms with Gasteiger partial charge in [0.05, 0.1) is 6.26 Å². The summed E-state index contributed by atoms with van der Waals surface area (Å²) < 4.78 is 5.21. The first kappa shape index (κ1) is 14.9. The van der Waals surface area contributed by atoms with Gasteiger partial charge >= 0.3 is 0 Å². The Bertz CT molecular complexity index is 420. The summed E-state index contributed by atoms with van der Waals surface area (Å²) in [5.74, 6) is 1.37. The maximum atomic E-state index is 12.3. The highest BCUT2D eigenvalue weighted by atomic mass is 16.3. The summed E-state index contributed by atoms with van der Waals surface area (Å²) in [4.78, 5) is 14.2. The van der Waals surface area contributed by atoms with Crippen molar-refractivity contribution in [2.45, 2.75) is 26.2 Å². The van der Waals surface area contributed by atoms with Crippen LogP contribution >= 0.6 is 0 Å². The Morgan fingerprint density at radius 2 is 2.50 bits per heavy atom. The molecule has 1 unspecified atom stereocenters. The zero-order valence-electron chi connectivity index (χ0n) is 12.2. The SMILES string of the molecule is CCCN(CC1CCCNC1)C(=O)/C=C/c1ccco1. The molecule has 0 radical (unpaired) electrons. The number of nitrogens with one attached hydrogen (secondary N) is 1. The van der Waals surface area contributed by atoms with Crippen molar-refractivity contribution in [2.75, 3.05) is 26.2 Å². The number of rotatable bonds is 6. The Balaban J connectivity index is 1.90. The molecule has 1 aliphatic heterocycles. The van der Waals surface area contributed by atoms with Crippen molar-refractivity contribution in [1.29, 1.82) is 0 Å². The van der Waals surface area contributed by atoms with Crippen molar-refractivity contribution in [3.8, 4) is 0 Å². The molecule has 20 heavy (non-hydrogen) atoms. The second kappa shape index (κ2) is 7.90. The molecule has 2 heterocycles. The van der Waals surface area contributed by atoms with Gasteiger partial charge in [0.15, 0.2) is 0 Å². The first-order valence-corrected chi connectivity index (χ1v) is 7.50. The Morgan fingerprint density at radius 1 is 1.60 bits per heavy atom.